The van der Waals surface area contributed by atoms with Gasteiger partial charge in [0.25, 0.3) is 0 Å². The molecule has 3 nitrogen and oxygen atoms in total. The number of alkyl halides is 1. The summed E-state index contributed by atoms with van der Waals surface area (Å²) in [7, 11) is 0. The Bertz CT molecular complexity index is 537. The average molecular weight is 273 g/mol. The van der Waals surface area contributed by atoms with Crippen LogP contribution >= 0.6 is 0 Å². The van der Waals surface area contributed by atoms with Gasteiger partial charge in [0.2, 0.25) is 0 Å². The molecule has 2 rings (SSSR count). The first-order valence-electron chi connectivity index (χ1n) is 7.09. The van der Waals surface area contributed by atoms with Gasteiger partial charge in [0.1, 0.15) is 12.7 Å². The molecule has 0 atom stereocenters. The Balaban J connectivity index is 2.57. The molecule has 106 valence electrons. The van der Waals surface area contributed by atoms with Crippen molar-refractivity contribution in [3.8, 4) is 12.1 Å². The molecule has 0 amide bonds. The van der Waals surface area contributed by atoms with Crippen LogP contribution in [0.3, 0.4) is 0 Å². The van der Waals surface area contributed by atoms with E-state index in [1.54, 1.807) is 0 Å². The quantitative estimate of drug-likeness (QED) is 0.724. The molecule has 2 aliphatic rings. The smallest absolute Gasteiger partial charge is 0.125 e. The first-order chi connectivity index (χ1) is 9.52. The van der Waals surface area contributed by atoms with Gasteiger partial charge in [-0.2, -0.15) is 10.5 Å². The predicted molar refractivity (Wildman–Crippen MR) is 75.1 cm³/mol. The van der Waals surface area contributed by atoms with Gasteiger partial charge >= 0.3 is 0 Å². The van der Waals surface area contributed by atoms with Crippen LogP contribution in [0.1, 0.15) is 39.5 Å². The molecule has 0 unspecified atom stereocenters. The van der Waals surface area contributed by atoms with Crippen molar-refractivity contribution in [2.45, 2.75) is 39.5 Å². The van der Waals surface area contributed by atoms with E-state index in [-0.39, 0.29) is 11.0 Å². The van der Waals surface area contributed by atoms with E-state index in [2.05, 4.69) is 24.8 Å². The molecule has 1 heterocycles. The molecule has 1 saturated heterocycles. The van der Waals surface area contributed by atoms with Crippen molar-refractivity contribution in [2.24, 2.45) is 5.41 Å². The Hall–Kier alpha value is -1.81. The van der Waals surface area contributed by atoms with E-state index in [0.717, 1.165) is 38.0 Å². The minimum atomic E-state index is -0.791. The summed E-state index contributed by atoms with van der Waals surface area (Å²) in [5, 5.41) is 18.6. The van der Waals surface area contributed by atoms with Crippen molar-refractivity contribution in [2.75, 3.05) is 19.8 Å². The molecule has 0 aromatic carbocycles. The standard InChI is InChI=1S/C16H20FN3/c1-16(2)7-13(12(9-17)10-18)14(11-19)15(8-16)20-5-3-4-6-20/h3-9H2,1-2H3/b13-12-. The number of likely N-dealkylation sites (tertiary alicyclic amines) is 1. The fraction of sp³-hybridized carbons (Fsp3) is 0.625. The summed E-state index contributed by atoms with van der Waals surface area (Å²) in [6.45, 7) is 5.36. The number of rotatable bonds is 2. The fourth-order valence-corrected chi connectivity index (χ4v) is 3.17. The van der Waals surface area contributed by atoms with Gasteiger partial charge in [-0.05, 0) is 36.7 Å². The van der Waals surface area contributed by atoms with Crippen LogP contribution < -0.4 is 0 Å². The third kappa shape index (κ3) is 2.70. The Kier molecular flexibility index (Phi) is 4.14. The molecule has 1 fully saturated rings. The summed E-state index contributed by atoms with van der Waals surface area (Å²) in [5.41, 5.74) is 2.25. The summed E-state index contributed by atoms with van der Waals surface area (Å²) in [6.07, 6.45) is 3.69. The van der Waals surface area contributed by atoms with Gasteiger partial charge in [0.15, 0.2) is 0 Å². The predicted octanol–water partition coefficient (Wildman–Crippen LogP) is 3.47. The highest BCUT2D eigenvalue weighted by Crippen LogP contribution is 2.44. The highest BCUT2D eigenvalue weighted by atomic mass is 19.1. The van der Waals surface area contributed by atoms with Crippen LogP contribution in [-0.4, -0.2) is 24.7 Å². The number of nitriles is 2. The van der Waals surface area contributed by atoms with Crippen LogP contribution in [0, 0.1) is 28.1 Å². The normalized spacial score (nSPS) is 24.4. The highest BCUT2D eigenvalue weighted by Gasteiger charge is 2.35. The minimum Gasteiger partial charge on any atom is -0.374 e. The zero-order valence-electron chi connectivity index (χ0n) is 12.2. The van der Waals surface area contributed by atoms with Gasteiger partial charge in [-0.3, -0.25) is 0 Å². The molecule has 4 heteroatoms. The zero-order chi connectivity index (χ0) is 14.8. The van der Waals surface area contributed by atoms with Crippen LogP contribution in [0.25, 0.3) is 0 Å². The zero-order valence-corrected chi connectivity index (χ0v) is 12.2. The molecule has 0 aromatic rings. The third-order valence-corrected chi connectivity index (χ3v) is 4.12. The molecule has 0 spiro atoms. The molecule has 1 aliphatic carbocycles. The molecule has 0 aromatic heterocycles. The second-order valence-electron chi connectivity index (χ2n) is 6.35. The molecule has 0 radical (unpaired) electrons. The van der Waals surface area contributed by atoms with Gasteiger partial charge in [-0.15, -0.1) is 0 Å². The minimum absolute atomic E-state index is 0.0368. The summed E-state index contributed by atoms with van der Waals surface area (Å²) in [5.74, 6) is 0. The van der Waals surface area contributed by atoms with Crippen LogP contribution in [0.5, 0.6) is 0 Å². The molecule has 0 N–H and O–H groups in total. The third-order valence-electron chi connectivity index (χ3n) is 4.12. The maximum absolute atomic E-state index is 13.1. The monoisotopic (exact) mass is 273 g/mol. The van der Waals surface area contributed by atoms with Crippen molar-refractivity contribution in [3.05, 3.63) is 22.4 Å². The lowest BCUT2D eigenvalue weighted by Gasteiger charge is -2.37. The Morgan fingerprint density at radius 2 is 1.90 bits per heavy atom. The number of hydrogen-bond acceptors (Lipinski definition) is 3. The van der Waals surface area contributed by atoms with E-state index < -0.39 is 6.67 Å². The lowest BCUT2D eigenvalue weighted by atomic mass is 9.72. The fourth-order valence-electron chi connectivity index (χ4n) is 3.17. The molecular weight excluding hydrogens is 253 g/mol. The number of allylic oxidation sites excluding steroid dienone is 4. The second kappa shape index (κ2) is 5.67. The number of hydrogen-bond donors (Lipinski definition) is 0. The van der Waals surface area contributed by atoms with Gasteiger partial charge in [0.05, 0.1) is 17.2 Å². The van der Waals surface area contributed by atoms with Crippen molar-refractivity contribution < 1.29 is 4.39 Å². The van der Waals surface area contributed by atoms with Crippen molar-refractivity contribution in [1.82, 2.24) is 4.90 Å². The summed E-state index contributed by atoms with van der Waals surface area (Å²) in [6, 6.07) is 4.17. The molecule has 0 saturated carbocycles. The lowest BCUT2D eigenvalue weighted by molar-refractivity contribution is 0.286. The molecular formula is C16H20FN3. The number of halogens is 1. The van der Waals surface area contributed by atoms with Crippen LogP contribution in [-0.2, 0) is 0 Å². The summed E-state index contributed by atoms with van der Waals surface area (Å²) >= 11 is 0. The first kappa shape index (κ1) is 14.6. The Morgan fingerprint density at radius 3 is 2.40 bits per heavy atom. The van der Waals surface area contributed by atoms with E-state index in [1.807, 2.05) is 6.07 Å². The van der Waals surface area contributed by atoms with Crippen molar-refractivity contribution in [3.63, 3.8) is 0 Å². The maximum atomic E-state index is 13.1. The van der Waals surface area contributed by atoms with Crippen LogP contribution in [0.4, 0.5) is 4.39 Å². The molecule has 0 bridgehead atoms. The molecule has 20 heavy (non-hydrogen) atoms. The van der Waals surface area contributed by atoms with Crippen molar-refractivity contribution >= 4 is 0 Å². The summed E-state index contributed by atoms with van der Waals surface area (Å²) < 4.78 is 13.1. The number of nitrogens with zero attached hydrogens (tertiary/aromatic N) is 3. The largest absolute Gasteiger partial charge is 0.374 e. The Labute approximate surface area is 120 Å². The van der Waals surface area contributed by atoms with E-state index in [1.165, 1.54) is 0 Å². The van der Waals surface area contributed by atoms with Gasteiger partial charge in [-0.1, -0.05) is 13.8 Å². The van der Waals surface area contributed by atoms with E-state index in [0.29, 0.717) is 17.6 Å². The van der Waals surface area contributed by atoms with E-state index in [9.17, 15) is 9.65 Å². The van der Waals surface area contributed by atoms with E-state index in [4.69, 9.17) is 5.26 Å². The average Bonchev–Trinajstić information content (AvgIpc) is 2.92. The second-order valence-corrected chi connectivity index (χ2v) is 6.35. The lowest BCUT2D eigenvalue weighted by Crippen LogP contribution is -2.30. The Morgan fingerprint density at radius 1 is 1.25 bits per heavy atom. The maximum Gasteiger partial charge on any atom is 0.125 e. The van der Waals surface area contributed by atoms with Gasteiger partial charge in [0, 0.05) is 18.8 Å². The topological polar surface area (TPSA) is 50.8 Å². The highest BCUT2D eigenvalue weighted by molar-refractivity contribution is 5.53. The summed E-state index contributed by atoms with van der Waals surface area (Å²) in [4.78, 5) is 2.24. The van der Waals surface area contributed by atoms with Gasteiger partial charge < -0.3 is 4.90 Å². The van der Waals surface area contributed by atoms with Crippen LogP contribution in [0.2, 0.25) is 0 Å². The van der Waals surface area contributed by atoms with Gasteiger partial charge in [-0.25, -0.2) is 4.39 Å². The van der Waals surface area contributed by atoms with Crippen molar-refractivity contribution in [1.29, 1.82) is 10.5 Å². The first-order valence-corrected chi connectivity index (χ1v) is 7.09. The molecule has 1 aliphatic heterocycles. The van der Waals surface area contributed by atoms with E-state index >= 15 is 0 Å². The van der Waals surface area contributed by atoms with Crippen LogP contribution in [0.15, 0.2) is 22.4 Å². The SMILES string of the molecule is CC1(C)CC(N2CCCC2)=C(C#N)/C(=C(\C#N)CF)C1.